The molecule has 1 aliphatic heterocycles. The molecular weight excluding hydrogens is 675 g/mol. The Kier molecular flexibility index (Phi) is 7.04. The fourth-order valence-corrected chi connectivity index (χ4v) is 8.40. The van der Waals surface area contributed by atoms with Gasteiger partial charge in [-0.25, -0.2) is 4.98 Å². The van der Waals surface area contributed by atoms with Gasteiger partial charge in [-0.3, -0.25) is 4.57 Å². The van der Waals surface area contributed by atoms with Crippen molar-refractivity contribution < 1.29 is 4.74 Å². The molecule has 0 unspecified atom stereocenters. The van der Waals surface area contributed by atoms with Gasteiger partial charge in [0.05, 0.1) is 27.9 Å². The first-order valence-electron chi connectivity index (χ1n) is 18.6. The van der Waals surface area contributed by atoms with Crippen molar-refractivity contribution in [3.05, 3.63) is 182 Å². The van der Waals surface area contributed by atoms with Gasteiger partial charge in [0.1, 0.15) is 24.0 Å². The van der Waals surface area contributed by atoms with Crippen LogP contribution < -0.4 is 14.5 Å². The largest absolute Gasteiger partial charge is 0.457 e. The van der Waals surface area contributed by atoms with Gasteiger partial charge >= 0.3 is 0 Å². The summed E-state index contributed by atoms with van der Waals surface area (Å²) >= 11 is 0. The van der Waals surface area contributed by atoms with Gasteiger partial charge < -0.3 is 19.1 Å². The van der Waals surface area contributed by atoms with Crippen LogP contribution in [0, 0.1) is 0 Å². The van der Waals surface area contributed by atoms with Crippen molar-refractivity contribution in [3.8, 4) is 28.4 Å². The summed E-state index contributed by atoms with van der Waals surface area (Å²) in [4.78, 5) is 9.79. The molecule has 0 fully saturated rings. The third-order valence-electron chi connectivity index (χ3n) is 11.0. The molecule has 1 aliphatic rings. The van der Waals surface area contributed by atoms with Crippen LogP contribution in [0.15, 0.2) is 182 Å². The molecule has 6 heteroatoms. The summed E-state index contributed by atoms with van der Waals surface area (Å²) in [7, 11) is 2.13. The zero-order valence-corrected chi connectivity index (χ0v) is 30.2. The van der Waals surface area contributed by atoms with Crippen molar-refractivity contribution in [2.45, 2.75) is 0 Å². The van der Waals surface area contributed by atoms with Gasteiger partial charge in [-0.15, -0.1) is 0 Å². The minimum absolute atomic E-state index is 0.682. The molecule has 55 heavy (non-hydrogen) atoms. The van der Waals surface area contributed by atoms with Gasteiger partial charge in [0.2, 0.25) is 0 Å². The van der Waals surface area contributed by atoms with E-state index in [1.807, 2.05) is 12.3 Å². The highest BCUT2D eigenvalue weighted by Crippen LogP contribution is 2.47. The monoisotopic (exact) mass is 709 g/mol. The molecule has 0 bridgehead atoms. The van der Waals surface area contributed by atoms with Crippen LogP contribution >= 0.6 is 0 Å². The number of nitrogens with zero attached hydrogens (tertiary/aromatic N) is 5. The minimum atomic E-state index is 0.682. The lowest BCUT2D eigenvalue weighted by atomic mass is 10.0. The quantitative estimate of drug-likeness (QED) is 0.172. The number of benzene rings is 7. The normalized spacial score (nSPS) is 12.7. The Morgan fingerprint density at radius 1 is 0.455 bits per heavy atom. The Labute approximate surface area is 318 Å². The van der Waals surface area contributed by atoms with Gasteiger partial charge in [0.25, 0.3) is 0 Å². The molecule has 0 amide bonds. The average molecular weight is 710 g/mol. The number of pyridine rings is 1. The van der Waals surface area contributed by atoms with Crippen LogP contribution in [-0.4, -0.2) is 20.8 Å². The molecule has 10 aromatic rings. The highest BCUT2D eigenvalue weighted by molar-refractivity contribution is 6.11. The van der Waals surface area contributed by atoms with E-state index in [0.29, 0.717) is 6.67 Å². The van der Waals surface area contributed by atoms with Crippen LogP contribution in [0.5, 0.6) is 11.5 Å². The van der Waals surface area contributed by atoms with Crippen LogP contribution in [0.3, 0.4) is 0 Å². The van der Waals surface area contributed by atoms with Crippen molar-refractivity contribution in [2.24, 2.45) is 7.05 Å². The van der Waals surface area contributed by atoms with Gasteiger partial charge in [0, 0.05) is 69.9 Å². The predicted molar refractivity (Wildman–Crippen MR) is 227 cm³/mol. The molecule has 4 heterocycles. The second kappa shape index (κ2) is 12.4. The van der Waals surface area contributed by atoms with Crippen molar-refractivity contribution in [3.63, 3.8) is 0 Å². The van der Waals surface area contributed by atoms with Gasteiger partial charge in [0.15, 0.2) is 0 Å². The summed E-state index contributed by atoms with van der Waals surface area (Å²) in [6.07, 6.45) is 2.01. The van der Waals surface area contributed by atoms with E-state index in [1.165, 1.54) is 33.1 Å². The van der Waals surface area contributed by atoms with Crippen molar-refractivity contribution >= 4 is 66.4 Å². The van der Waals surface area contributed by atoms with Gasteiger partial charge in [-0.05, 0) is 71.8 Å². The fraction of sp³-hybridized carbons (Fsp3) is 0.0408. The minimum Gasteiger partial charge on any atom is -0.457 e. The van der Waals surface area contributed by atoms with Crippen LogP contribution in [-0.2, 0) is 7.05 Å². The Morgan fingerprint density at radius 3 is 1.96 bits per heavy atom. The molecule has 0 spiro atoms. The highest BCUT2D eigenvalue weighted by Gasteiger charge is 2.29. The SMILES string of the molecule is Cn1c2ccccc2c2cnc(-n3c4ccccc4c4ccc(Oc5cccc(N6CN(c7ccccc7)c7cc(-c8ccccc8)ccc76)c5)cc43)cc21. The van der Waals surface area contributed by atoms with E-state index in [1.54, 1.807) is 0 Å². The van der Waals surface area contributed by atoms with E-state index >= 15 is 0 Å². The maximum atomic E-state index is 6.70. The number of hydrogen-bond acceptors (Lipinski definition) is 4. The maximum absolute atomic E-state index is 6.70. The van der Waals surface area contributed by atoms with E-state index in [9.17, 15) is 0 Å². The van der Waals surface area contributed by atoms with E-state index < -0.39 is 0 Å². The predicted octanol–water partition coefficient (Wildman–Crippen LogP) is 12.5. The lowest BCUT2D eigenvalue weighted by molar-refractivity contribution is 0.483. The van der Waals surface area contributed by atoms with Crippen molar-refractivity contribution in [1.82, 2.24) is 14.1 Å². The summed E-state index contributed by atoms with van der Waals surface area (Å²) < 4.78 is 11.2. The molecule has 0 saturated heterocycles. The number of rotatable bonds is 6. The molecule has 3 aromatic heterocycles. The molecule has 11 rings (SSSR count). The number of hydrogen-bond donors (Lipinski definition) is 0. The van der Waals surface area contributed by atoms with E-state index in [-0.39, 0.29) is 0 Å². The van der Waals surface area contributed by atoms with E-state index in [2.05, 4.69) is 196 Å². The summed E-state index contributed by atoms with van der Waals surface area (Å²) in [6.45, 7) is 0.682. The van der Waals surface area contributed by atoms with Gasteiger partial charge in [-0.2, -0.15) is 0 Å². The number of aryl methyl sites for hydroxylation is 1. The summed E-state index contributed by atoms with van der Waals surface area (Å²) in [6, 6.07) is 62.0. The number of fused-ring (bicyclic) bond motifs is 7. The number of anilines is 4. The van der Waals surface area contributed by atoms with E-state index in [0.717, 1.165) is 61.7 Å². The molecular formula is C49H35N5O. The van der Waals surface area contributed by atoms with Crippen LogP contribution in [0.1, 0.15) is 0 Å². The zero-order valence-electron chi connectivity index (χ0n) is 30.2. The molecule has 0 radical (unpaired) electrons. The molecule has 0 N–H and O–H groups in total. The third kappa shape index (κ3) is 5.06. The Balaban J connectivity index is 0.974. The standard InChI is InChI=1S/C49H35N5O/c1-51-43-21-10-8-20-40(43)42-31-50-49(30-46(42)51)54-44-22-11-9-19-39(44)41-25-24-38(29-47(41)54)55-37-18-12-17-36(28-37)53-32-52(35-15-6-3-7-16-35)48-27-34(23-26-45(48)53)33-13-4-2-5-14-33/h2-31H,32H2,1H3. The second-order valence-corrected chi connectivity index (χ2v) is 14.2. The third-order valence-corrected chi connectivity index (χ3v) is 11.0. The first kappa shape index (κ1) is 31.2. The number of para-hydroxylation sites is 3. The molecule has 0 aliphatic carbocycles. The molecule has 262 valence electrons. The van der Waals surface area contributed by atoms with Crippen molar-refractivity contribution in [1.29, 1.82) is 0 Å². The molecule has 0 atom stereocenters. The first-order valence-corrected chi connectivity index (χ1v) is 18.6. The summed E-state index contributed by atoms with van der Waals surface area (Å²) in [5.74, 6) is 2.41. The lowest BCUT2D eigenvalue weighted by Crippen LogP contribution is -2.23. The number of ether oxygens (including phenoxy) is 1. The Morgan fingerprint density at radius 2 is 1.13 bits per heavy atom. The molecule has 0 saturated carbocycles. The zero-order chi connectivity index (χ0) is 36.5. The maximum Gasteiger partial charge on any atom is 0.139 e. The molecule has 6 nitrogen and oxygen atoms in total. The van der Waals surface area contributed by atoms with Crippen LogP contribution in [0.2, 0.25) is 0 Å². The van der Waals surface area contributed by atoms with E-state index in [4.69, 9.17) is 9.72 Å². The van der Waals surface area contributed by atoms with Crippen LogP contribution in [0.25, 0.3) is 60.6 Å². The topological polar surface area (TPSA) is 38.5 Å². The smallest absolute Gasteiger partial charge is 0.139 e. The van der Waals surface area contributed by atoms with Crippen LogP contribution in [0.4, 0.5) is 22.7 Å². The second-order valence-electron chi connectivity index (χ2n) is 14.2. The lowest BCUT2D eigenvalue weighted by Gasteiger charge is -2.22. The fourth-order valence-electron chi connectivity index (χ4n) is 8.40. The molecule has 7 aromatic carbocycles. The Hall–Kier alpha value is -7.31. The van der Waals surface area contributed by atoms with Crippen molar-refractivity contribution in [2.75, 3.05) is 16.5 Å². The summed E-state index contributed by atoms with van der Waals surface area (Å²) in [5.41, 5.74) is 11.4. The van der Waals surface area contributed by atoms with Gasteiger partial charge in [-0.1, -0.05) is 97.1 Å². The highest BCUT2D eigenvalue weighted by atomic mass is 16.5. The first-order chi connectivity index (χ1) is 27.2. The number of aromatic nitrogens is 3. The summed E-state index contributed by atoms with van der Waals surface area (Å²) in [5, 5.41) is 4.69. The Bertz CT molecular complexity index is 3070. The average Bonchev–Trinajstić information content (AvgIpc) is 3.89.